The second-order valence-electron chi connectivity index (χ2n) is 4.89. The number of nitrogens with one attached hydrogen (secondary N) is 1. The highest BCUT2D eigenvalue weighted by Crippen LogP contribution is 2.31. The second-order valence-corrected chi connectivity index (χ2v) is 4.89. The maximum atomic E-state index is 12.0. The summed E-state index contributed by atoms with van der Waals surface area (Å²) in [5.74, 6) is 1.25. The van der Waals surface area contributed by atoms with Gasteiger partial charge in [-0.15, -0.1) is 0 Å². The first-order valence-corrected chi connectivity index (χ1v) is 6.60. The van der Waals surface area contributed by atoms with E-state index in [4.69, 9.17) is 4.74 Å². The molecule has 4 heteroatoms. The molecular weight excluding hydrogens is 240 g/mol. The van der Waals surface area contributed by atoms with Crippen molar-refractivity contribution in [3.05, 3.63) is 23.8 Å². The third kappa shape index (κ3) is 3.96. The number of hydrogen-bond acceptors (Lipinski definition) is 3. The molecule has 0 heterocycles. The van der Waals surface area contributed by atoms with Crippen molar-refractivity contribution >= 4 is 11.6 Å². The SMILES string of the molecule is CNCCC(=O)N(C)c1ccc(C(C)C)cc1OC. The molecule has 0 aliphatic rings. The predicted octanol–water partition coefficient (Wildman–Crippen LogP) is 2.39. The topological polar surface area (TPSA) is 41.6 Å². The van der Waals surface area contributed by atoms with E-state index in [0.29, 0.717) is 18.9 Å². The molecule has 0 unspecified atom stereocenters. The molecule has 1 aromatic carbocycles. The van der Waals surface area contributed by atoms with E-state index in [1.165, 1.54) is 5.56 Å². The Morgan fingerprint density at radius 3 is 2.63 bits per heavy atom. The Kier molecular flexibility index (Phi) is 5.83. The minimum Gasteiger partial charge on any atom is -0.495 e. The van der Waals surface area contributed by atoms with Crippen molar-refractivity contribution in [1.29, 1.82) is 0 Å². The Bertz CT molecular complexity index is 430. The molecule has 0 atom stereocenters. The Hall–Kier alpha value is -1.55. The average molecular weight is 264 g/mol. The number of amides is 1. The van der Waals surface area contributed by atoms with Crippen LogP contribution in [-0.4, -0.2) is 33.7 Å². The van der Waals surface area contributed by atoms with Crippen molar-refractivity contribution in [2.24, 2.45) is 0 Å². The Balaban J connectivity index is 2.96. The lowest BCUT2D eigenvalue weighted by molar-refractivity contribution is -0.118. The van der Waals surface area contributed by atoms with E-state index >= 15 is 0 Å². The van der Waals surface area contributed by atoms with Gasteiger partial charge < -0.3 is 15.0 Å². The zero-order valence-electron chi connectivity index (χ0n) is 12.5. The molecule has 1 rings (SSSR count). The molecule has 4 nitrogen and oxygen atoms in total. The fraction of sp³-hybridized carbons (Fsp3) is 0.533. The molecule has 0 spiro atoms. The number of hydrogen-bond donors (Lipinski definition) is 1. The third-order valence-electron chi connectivity index (χ3n) is 3.19. The molecule has 0 radical (unpaired) electrons. The van der Waals surface area contributed by atoms with Gasteiger partial charge in [-0.1, -0.05) is 19.9 Å². The highest BCUT2D eigenvalue weighted by atomic mass is 16.5. The number of methoxy groups -OCH3 is 1. The molecule has 1 aromatic rings. The molecule has 0 saturated carbocycles. The Morgan fingerprint density at radius 2 is 2.11 bits per heavy atom. The summed E-state index contributed by atoms with van der Waals surface area (Å²) in [4.78, 5) is 13.7. The monoisotopic (exact) mass is 264 g/mol. The van der Waals surface area contributed by atoms with Crippen LogP contribution in [0.1, 0.15) is 31.7 Å². The van der Waals surface area contributed by atoms with Crippen LogP contribution in [0.4, 0.5) is 5.69 Å². The lowest BCUT2D eigenvalue weighted by atomic mass is 10.0. The van der Waals surface area contributed by atoms with Crippen LogP contribution in [0, 0.1) is 0 Å². The van der Waals surface area contributed by atoms with Gasteiger partial charge in [0, 0.05) is 20.0 Å². The van der Waals surface area contributed by atoms with Gasteiger partial charge in [0.2, 0.25) is 5.91 Å². The van der Waals surface area contributed by atoms with E-state index in [2.05, 4.69) is 19.2 Å². The number of benzene rings is 1. The number of nitrogens with zero attached hydrogens (tertiary/aromatic N) is 1. The van der Waals surface area contributed by atoms with Gasteiger partial charge in [-0.25, -0.2) is 0 Å². The van der Waals surface area contributed by atoms with E-state index in [1.54, 1.807) is 19.1 Å². The smallest absolute Gasteiger partial charge is 0.228 e. The van der Waals surface area contributed by atoms with E-state index in [1.807, 2.05) is 25.2 Å². The molecule has 19 heavy (non-hydrogen) atoms. The average Bonchev–Trinajstić information content (AvgIpc) is 2.42. The fourth-order valence-corrected chi connectivity index (χ4v) is 1.86. The van der Waals surface area contributed by atoms with Gasteiger partial charge in [0.05, 0.1) is 12.8 Å². The van der Waals surface area contributed by atoms with Crippen LogP contribution >= 0.6 is 0 Å². The summed E-state index contributed by atoms with van der Waals surface area (Å²) in [5.41, 5.74) is 2.02. The van der Waals surface area contributed by atoms with E-state index < -0.39 is 0 Å². The quantitative estimate of drug-likeness (QED) is 0.857. The molecule has 0 aliphatic carbocycles. The zero-order valence-corrected chi connectivity index (χ0v) is 12.5. The van der Waals surface area contributed by atoms with Gasteiger partial charge in [-0.05, 0) is 30.7 Å². The molecule has 0 fully saturated rings. The maximum Gasteiger partial charge on any atom is 0.228 e. The van der Waals surface area contributed by atoms with Gasteiger partial charge in [-0.2, -0.15) is 0 Å². The minimum atomic E-state index is 0.0740. The van der Waals surface area contributed by atoms with E-state index in [9.17, 15) is 4.79 Å². The number of ether oxygens (including phenoxy) is 1. The maximum absolute atomic E-state index is 12.0. The van der Waals surface area contributed by atoms with Gasteiger partial charge in [0.1, 0.15) is 5.75 Å². The van der Waals surface area contributed by atoms with Crippen LogP contribution in [0.25, 0.3) is 0 Å². The Morgan fingerprint density at radius 1 is 1.42 bits per heavy atom. The molecule has 0 saturated heterocycles. The normalized spacial score (nSPS) is 10.6. The summed E-state index contributed by atoms with van der Waals surface area (Å²) >= 11 is 0. The van der Waals surface area contributed by atoms with Crippen molar-refractivity contribution < 1.29 is 9.53 Å². The number of rotatable bonds is 6. The van der Waals surface area contributed by atoms with E-state index in [-0.39, 0.29) is 5.91 Å². The predicted molar refractivity (Wildman–Crippen MR) is 79.0 cm³/mol. The summed E-state index contributed by atoms with van der Waals surface area (Å²) in [5, 5.41) is 2.98. The minimum absolute atomic E-state index is 0.0740. The zero-order chi connectivity index (χ0) is 14.4. The highest BCUT2D eigenvalue weighted by molar-refractivity contribution is 5.94. The first-order chi connectivity index (χ1) is 9.01. The molecule has 0 bridgehead atoms. The van der Waals surface area contributed by atoms with Crippen LogP contribution in [-0.2, 0) is 4.79 Å². The second kappa shape index (κ2) is 7.14. The lowest BCUT2D eigenvalue weighted by Gasteiger charge is -2.21. The summed E-state index contributed by atoms with van der Waals surface area (Å²) < 4.78 is 5.40. The van der Waals surface area contributed by atoms with Gasteiger partial charge in [0.15, 0.2) is 0 Å². The standard InChI is InChI=1S/C15H24N2O2/c1-11(2)12-6-7-13(14(10-12)19-5)17(4)15(18)8-9-16-3/h6-7,10-11,16H,8-9H2,1-5H3. The van der Waals surface area contributed by atoms with Crippen molar-refractivity contribution in [3.8, 4) is 5.75 Å². The fourth-order valence-electron chi connectivity index (χ4n) is 1.86. The van der Waals surface area contributed by atoms with Gasteiger partial charge >= 0.3 is 0 Å². The number of anilines is 1. The lowest BCUT2D eigenvalue weighted by Crippen LogP contribution is -2.29. The van der Waals surface area contributed by atoms with Crippen LogP contribution < -0.4 is 15.0 Å². The molecular formula is C15H24N2O2. The number of carbonyl (C=O) groups is 1. The summed E-state index contributed by atoms with van der Waals surface area (Å²) in [6.45, 7) is 4.95. The molecule has 106 valence electrons. The van der Waals surface area contributed by atoms with Crippen LogP contribution in [0.5, 0.6) is 5.75 Å². The summed E-state index contributed by atoms with van der Waals surface area (Å²) in [7, 11) is 5.26. The highest BCUT2D eigenvalue weighted by Gasteiger charge is 2.15. The van der Waals surface area contributed by atoms with Gasteiger partial charge in [-0.3, -0.25) is 4.79 Å². The summed E-state index contributed by atoms with van der Waals surface area (Å²) in [6, 6.07) is 6.00. The molecule has 0 aliphatic heterocycles. The van der Waals surface area contributed by atoms with Crippen LogP contribution in [0.15, 0.2) is 18.2 Å². The first-order valence-electron chi connectivity index (χ1n) is 6.60. The molecule has 1 amide bonds. The molecule has 0 aromatic heterocycles. The largest absolute Gasteiger partial charge is 0.495 e. The van der Waals surface area contributed by atoms with Gasteiger partial charge in [0.25, 0.3) is 0 Å². The van der Waals surface area contributed by atoms with Crippen LogP contribution in [0.2, 0.25) is 0 Å². The van der Waals surface area contributed by atoms with Crippen LogP contribution in [0.3, 0.4) is 0 Å². The number of carbonyl (C=O) groups excluding carboxylic acids is 1. The van der Waals surface area contributed by atoms with Crippen molar-refractivity contribution in [3.63, 3.8) is 0 Å². The van der Waals surface area contributed by atoms with Crippen molar-refractivity contribution in [1.82, 2.24) is 5.32 Å². The van der Waals surface area contributed by atoms with E-state index in [0.717, 1.165) is 11.4 Å². The third-order valence-corrected chi connectivity index (χ3v) is 3.19. The summed E-state index contributed by atoms with van der Waals surface area (Å²) in [6.07, 6.45) is 0.474. The molecule has 1 N–H and O–H groups in total. The Labute approximate surface area is 115 Å². The van der Waals surface area contributed by atoms with Crippen molar-refractivity contribution in [2.45, 2.75) is 26.2 Å². The first kappa shape index (κ1) is 15.5. The van der Waals surface area contributed by atoms with Crippen molar-refractivity contribution in [2.75, 3.05) is 32.6 Å².